The molecule has 0 heterocycles. The molecule has 0 aliphatic heterocycles. The monoisotopic (exact) mass is 268 g/mol. The van der Waals surface area contributed by atoms with Crippen LogP contribution in [0.4, 0.5) is 0 Å². The van der Waals surface area contributed by atoms with Crippen LogP contribution in [0.25, 0.3) is 0 Å². The van der Waals surface area contributed by atoms with E-state index in [-0.39, 0.29) is 5.92 Å². The second-order valence-electron chi connectivity index (χ2n) is 5.88. The zero-order valence-corrected chi connectivity index (χ0v) is 11.8. The summed E-state index contributed by atoms with van der Waals surface area (Å²) in [5, 5.41) is 21.2. The Morgan fingerprint density at radius 2 is 1.50 bits per heavy atom. The standard InChI is InChI=1S/C18H20O2/c1-12-14-10-6-7-11-15(14)18(2,17(20)16(12)19)13-8-4-3-5-9-13/h3-12,16-17,19-20H,1-2H3/t12?,16-,17-,18-/m1/s1. The number of hydrogen-bond donors (Lipinski definition) is 2. The van der Waals surface area contributed by atoms with Crippen LogP contribution in [0.15, 0.2) is 54.6 Å². The van der Waals surface area contributed by atoms with E-state index in [0.29, 0.717) is 0 Å². The number of aliphatic hydroxyl groups is 2. The van der Waals surface area contributed by atoms with E-state index in [1.165, 1.54) is 0 Å². The zero-order chi connectivity index (χ0) is 14.3. The van der Waals surface area contributed by atoms with Crippen molar-refractivity contribution in [2.75, 3.05) is 0 Å². The summed E-state index contributed by atoms with van der Waals surface area (Å²) in [6.45, 7) is 3.98. The van der Waals surface area contributed by atoms with Crippen molar-refractivity contribution in [3.05, 3.63) is 71.3 Å². The minimum absolute atomic E-state index is 0.0574. The molecule has 2 aromatic carbocycles. The maximum Gasteiger partial charge on any atom is 0.0939 e. The molecule has 2 N–H and O–H groups in total. The topological polar surface area (TPSA) is 40.5 Å². The smallest absolute Gasteiger partial charge is 0.0939 e. The van der Waals surface area contributed by atoms with E-state index in [1.54, 1.807) is 0 Å². The van der Waals surface area contributed by atoms with Crippen molar-refractivity contribution >= 4 is 0 Å². The van der Waals surface area contributed by atoms with Crippen molar-refractivity contribution in [3.63, 3.8) is 0 Å². The highest BCUT2D eigenvalue weighted by Gasteiger charge is 2.48. The van der Waals surface area contributed by atoms with Gasteiger partial charge in [0, 0.05) is 11.3 Å². The van der Waals surface area contributed by atoms with Gasteiger partial charge in [-0.25, -0.2) is 0 Å². The Morgan fingerprint density at radius 1 is 0.900 bits per heavy atom. The molecule has 1 aliphatic rings. The third kappa shape index (κ3) is 1.72. The first-order valence-corrected chi connectivity index (χ1v) is 7.08. The molecule has 0 radical (unpaired) electrons. The second-order valence-corrected chi connectivity index (χ2v) is 5.88. The Balaban J connectivity index is 2.26. The molecule has 2 nitrogen and oxygen atoms in total. The zero-order valence-electron chi connectivity index (χ0n) is 11.8. The number of benzene rings is 2. The lowest BCUT2D eigenvalue weighted by Gasteiger charge is -2.46. The average Bonchev–Trinajstić information content (AvgIpc) is 2.51. The Bertz CT molecular complexity index is 608. The summed E-state index contributed by atoms with van der Waals surface area (Å²) in [5.41, 5.74) is 2.68. The Labute approximate surface area is 119 Å². The average molecular weight is 268 g/mol. The molecule has 1 unspecified atom stereocenters. The van der Waals surface area contributed by atoms with Gasteiger partial charge in [0.15, 0.2) is 0 Å². The van der Waals surface area contributed by atoms with Gasteiger partial charge in [-0.2, -0.15) is 0 Å². The van der Waals surface area contributed by atoms with E-state index in [1.807, 2.05) is 56.3 Å². The van der Waals surface area contributed by atoms with Gasteiger partial charge in [0.25, 0.3) is 0 Å². The van der Waals surface area contributed by atoms with E-state index in [0.717, 1.165) is 16.7 Å². The Kier molecular flexibility index (Phi) is 3.15. The third-order valence-electron chi connectivity index (χ3n) is 4.81. The Hall–Kier alpha value is -1.64. The molecular formula is C18H20O2. The molecule has 2 heteroatoms. The van der Waals surface area contributed by atoms with Crippen LogP contribution in [-0.4, -0.2) is 22.4 Å². The van der Waals surface area contributed by atoms with Crippen molar-refractivity contribution in [2.45, 2.75) is 37.4 Å². The van der Waals surface area contributed by atoms with Crippen LogP contribution in [0.2, 0.25) is 0 Å². The summed E-state index contributed by atoms with van der Waals surface area (Å²) in [4.78, 5) is 0. The number of aliphatic hydroxyl groups excluding tert-OH is 2. The molecule has 0 saturated carbocycles. The minimum Gasteiger partial charge on any atom is -0.390 e. The molecule has 20 heavy (non-hydrogen) atoms. The van der Waals surface area contributed by atoms with Gasteiger partial charge in [0.05, 0.1) is 12.2 Å². The van der Waals surface area contributed by atoms with Crippen molar-refractivity contribution in [1.29, 1.82) is 0 Å². The molecule has 0 amide bonds. The molecular weight excluding hydrogens is 248 g/mol. The van der Waals surface area contributed by atoms with Crippen LogP contribution in [0.3, 0.4) is 0 Å². The van der Waals surface area contributed by atoms with Gasteiger partial charge in [-0.15, -0.1) is 0 Å². The molecule has 1 aliphatic carbocycles. The van der Waals surface area contributed by atoms with Crippen LogP contribution < -0.4 is 0 Å². The fourth-order valence-electron chi connectivity index (χ4n) is 3.44. The van der Waals surface area contributed by atoms with Gasteiger partial charge in [-0.3, -0.25) is 0 Å². The molecule has 0 aromatic heterocycles. The van der Waals surface area contributed by atoms with Gasteiger partial charge in [-0.05, 0) is 23.6 Å². The van der Waals surface area contributed by atoms with Crippen molar-refractivity contribution in [1.82, 2.24) is 0 Å². The van der Waals surface area contributed by atoms with E-state index >= 15 is 0 Å². The summed E-state index contributed by atoms with van der Waals surface area (Å²) in [5.74, 6) is -0.0574. The summed E-state index contributed by atoms with van der Waals surface area (Å²) < 4.78 is 0. The fraction of sp³-hybridized carbons (Fsp3) is 0.333. The van der Waals surface area contributed by atoms with Crippen LogP contribution in [-0.2, 0) is 5.41 Å². The van der Waals surface area contributed by atoms with Gasteiger partial charge in [0.2, 0.25) is 0 Å². The van der Waals surface area contributed by atoms with Gasteiger partial charge in [-0.1, -0.05) is 61.5 Å². The highest BCUT2D eigenvalue weighted by atomic mass is 16.3. The molecule has 0 bridgehead atoms. The van der Waals surface area contributed by atoms with Crippen LogP contribution in [0.5, 0.6) is 0 Å². The fourth-order valence-corrected chi connectivity index (χ4v) is 3.44. The van der Waals surface area contributed by atoms with Crippen molar-refractivity contribution in [2.24, 2.45) is 0 Å². The van der Waals surface area contributed by atoms with Crippen molar-refractivity contribution in [3.8, 4) is 0 Å². The molecule has 104 valence electrons. The second kappa shape index (κ2) is 4.72. The molecule has 0 spiro atoms. The van der Waals surface area contributed by atoms with Gasteiger partial charge >= 0.3 is 0 Å². The highest BCUT2D eigenvalue weighted by molar-refractivity contribution is 5.49. The largest absolute Gasteiger partial charge is 0.390 e. The number of fused-ring (bicyclic) bond motifs is 1. The van der Waals surface area contributed by atoms with Crippen LogP contribution in [0.1, 0.15) is 36.5 Å². The number of rotatable bonds is 1. The quantitative estimate of drug-likeness (QED) is 0.835. The molecule has 2 aromatic rings. The third-order valence-corrected chi connectivity index (χ3v) is 4.81. The van der Waals surface area contributed by atoms with Crippen LogP contribution >= 0.6 is 0 Å². The number of hydrogen-bond acceptors (Lipinski definition) is 2. The normalized spacial score (nSPS) is 32.7. The predicted octanol–water partition coefficient (Wildman–Crippen LogP) is 2.83. The van der Waals surface area contributed by atoms with Crippen molar-refractivity contribution < 1.29 is 10.2 Å². The lowest BCUT2D eigenvalue weighted by molar-refractivity contribution is -0.0365. The Morgan fingerprint density at radius 3 is 2.20 bits per heavy atom. The summed E-state index contributed by atoms with van der Waals surface area (Å²) in [6, 6.07) is 18.0. The first-order valence-electron chi connectivity index (χ1n) is 7.08. The van der Waals surface area contributed by atoms with E-state index in [2.05, 4.69) is 12.1 Å². The van der Waals surface area contributed by atoms with E-state index < -0.39 is 17.6 Å². The minimum atomic E-state index is -0.810. The molecule has 0 fully saturated rings. The van der Waals surface area contributed by atoms with E-state index in [4.69, 9.17) is 0 Å². The maximum absolute atomic E-state index is 10.7. The van der Waals surface area contributed by atoms with Crippen LogP contribution in [0, 0.1) is 0 Å². The molecule has 4 atom stereocenters. The maximum atomic E-state index is 10.7. The summed E-state index contributed by atoms with van der Waals surface area (Å²) >= 11 is 0. The highest BCUT2D eigenvalue weighted by Crippen LogP contribution is 2.46. The molecule has 3 rings (SSSR count). The van der Waals surface area contributed by atoms with Gasteiger partial charge in [0.1, 0.15) is 0 Å². The predicted molar refractivity (Wildman–Crippen MR) is 79.8 cm³/mol. The molecule has 0 saturated heterocycles. The SMILES string of the molecule is CC1c2ccccc2[C@@](C)(c2ccccc2)[C@H](O)[C@@H]1O. The van der Waals surface area contributed by atoms with E-state index in [9.17, 15) is 10.2 Å². The summed E-state index contributed by atoms with van der Waals surface area (Å²) in [7, 11) is 0. The lowest BCUT2D eigenvalue weighted by atomic mass is 9.62. The van der Waals surface area contributed by atoms with Gasteiger partial charge < -0.3 is 10.2 Å². The first kappa shape index (κ1) is 13.3. The first-order chi connectivity index (χ1) is 9.56. The lowest BCUT2D eigenvalue weighted by Crippen LogP contribution is -2.51. The summed E-state index contributed by atoms with van der Waals surface area (Å²) in [6.07, 6.45) is -1.56.